The molecule has 2 rings (SSSR count). The highest BCUT2D eigenvalue weighted by Crippen LogP contribution is 2.21. The normalized spacial score (nSPS) is 23.7. The van der Waals surface area contributed by atoms with E-state index in [1.807, 2.05) is 18.2 Å². The molecule has 1 aromatic rings. The van der Waals surface area contributed by atoms with Gasteiger partial charge >= 0.3 is 0 Å². The molecule has 1 N–H and O–H groups in total. The molecular weight excluding hydrogens is 308 g/mol. The van der Waals surface area contributed by atoms with Gasteiger partial charge < -0.3 is 5.32 Å². The van der Waals surface area contributed by atoms with Crippen LogP contribution in [0.2, 0.25) is 0 Å². The summed E-state index contributed by atoms with van der Waals surface area (Å²) in [5.41, 5.74) is 1.19. The molecular formula is C18H28N2O2S. The summed E-state index contributed by atoms with van der Waals surface area (Å²) in [4.78, 5) is 0. The Morgan fingerprint density at radius 1 is 1.30 bits per heavy atom. The van der Waals surface area contributed by atoms with E-state index in [9.17, 15) is 8.42 Å². The van der Waals surface area contributed by atoms with Gasteiger partial charge in [0.25, 0.3) is 0 Å². The van der Waals surface area contributed by atoms with Gasteiger partial charge in [0, 0.05) is 25.7 Å². The number of piperidine rings is 1. The average molecular weight is 337 g/mol. The molecule has 0 saturated carbocycles. The van der Waals surface area contributed by atoms with Crippen molar-refractivity contribution in [1.82, 2.24) is 9.62 Å². The van der Waals surface area contributed by atoms with Crippen molar-refractivity contribution in [1.29, 1.82) is 0 Å². The second kappa shape index (κ2) is 8.08. The zero-order valence-corrected chi connectivity index (χ0v) is 15.1. The molecule has 1 aliphatic heterocycles. The van der Waals surface area contributed by atoms with Crippen LogP contribution < -0.4 is 5.32 Å². The van der Waals surface area contributed by atoms with E-state index in [1.165, 1.54) is 5.56 Å². The Balaban J connectivity index is 1.82. The highest BCUT2D eigenvalue weighted by atomic mass is 32.2. The minimum atomic E-state index is -3.13. The van der Waals surface area contributed by atoms with Crippen LogP contribution in [0.15, 0.2) is 36.4 Å². The van der Waals surface area contributed by atoms with Crippen molar-refractivity contribution in [2.45, 2.75) is 38.5 Å². The Hall–Kier alpha value is -1.17. The molecule has 23 heavy (non-hydrogen) atoms. The molecule has 1 aliphatic rings. The number of benzene rings is 1. The molecule has 0 radical (unpaired) electrons. The van der Waals surface area contributed by atoms with Crippen molar-refractivity contribution >= 4 is 16.1 Å². The summed E-state index contributed by atoms with van der Waals surface area (Å²) in [5.74, 6) is 0.322. The summed E-state index contributed by atoms with van der Waals surface area (Å²) in [6.07, 6.45) is 5.10. The number of sulfonamides is 1. The molecule has 1 aromatic carbocycles. The maximum absolute atomic E-state index is 12.2. The largest absolute Gasteiger partial charge is 0.310 e. The lowest BCUT2D eigenvalue weighted by atomic mass is 9.95. The summed E-state index contributed by atoms with van der Waals surface area (Å²) < 4.78 is 26.2. The first-order chi connectivity index (χ1) is 10.9. The van der Waals surface area contributed by atoms with Crippen LogP contribution in [-0.2, 0) is 10.0 Å². The molecule has 0 spiro atoms. The third-order valence-electron chi connectivity index (χ3n) is 4.43. The SMILES string of the molecule is CC(C)S(=O)(=O)N1CC[C@H](NC/C=C\c2ccccc2)[C@H](C)C1. The Morgan fingerprint density at radius 2 is 2.00 bits per heavy atom. The monoisotopic (exact) mass is 336 g/mol. The molecule has 128 valence electrons. The van der Waals surface area contributed by atoms with E-state index in [4.69, 9.17) is 0 Å². The van der Waals surface area contributed by atoms with Gasteiger partial charge in [-0.05, 0) is 31.7 Å². The summed E-state index contributed by atoms with van der Waals surface area (Å²) in [7, 11) is -3.13. The van der Waals surface area contributed by atoms with Gasteiger partial charge in [0.15, 0.2) is 0 Å². The van der Waals surface area contributed by atoms with Crippen molar-refractivity contribution in [3.8, 4) is 0 Å². The molecule has 0 unspecified atom stereocenters. The van der Waals surface area contributed by atoms with E-state index in [1.54, 1.807) is 18.2 Å². The van der Waals surface area contributed by atoms with Crippen LogP contribution in [0.4, 0.5) is 0 Å². The number of nitrogens with zero attached hydrogens (tertiary/aromatic N) is 1. The van der Waals surface area contributed by atoms with E-state index < -0.39 is 10.0 Å². The predicted molar refractivity (Wildman–Crippen MR) is 96.7 cm³/mol. The number of nitrogens with one attached hydrogen (secondary N) is 1. The van der Waals surface area contributed by atoms with Crippen LogP contribution >= 0.6 is 0 Å². The fourth-order valence-electron chi connectivity index (χ4n) is 2.92. The maximum atomic E-state index is 12.2. The molecule has 0 aromatic heterocycles. The highest BCUT2D eigenvalue weighted by molar-refractivity contribution is 7.89. The lowest BCUT2D eigenvalue weighted by molar-refractivity contribution is 0.223. The van der Waals surface area contributed by atoms with Crippen molar-refractivity contribution in [3.05, 3.63) is 42.0 Å². The zero-order chi connectivity index (χ0) is 16.9. The molecule has 2 atom stereocenters. The highest BCUT2D eigenvalue weighted by Gasteiger charge is 2.33. The van der Waals surface area contributed by atoms with Gasteiger partial charge in [0.1, 0.15) is 0 Å². The minimum Gasteiger partial charge on any atom is -0.310 e. The summed E-state index contributed by atoms with van der Waals surface area (Å²) in [6.45, 7) is 7.66. The fourth-order valence-corrected chi connectivity index (χ4v) is 4.32. The average Bonchev–Trinajstić information content (AvgIpc) is 2.53. The lowest BCUT2D eigenvalue weighted by Crippen LogP contribution is -2.51. The van der Waals surface area contributed by atoms with Gasteiger partial charge in [-0.2, -0.15) is 0 Å². The second-order valence-electron chi connectivity index (χ2n) is 6.55. The number of rotatable bonds is 6. The van der Waals surface area contributed by atoms with Crippen LogP contribution in [-0.4, -0.2) is 43.6 Å². The van der Waals surface area contributed by atoms with Gasteiger partial charge in [0.05, 0.1) is 5.25 Å². The third kappa shape index (κ3) is 4.90. The molecule has 0 bridgehead atoms. The van der Waals surface area contributed by atoms with Crippen LogP contribution in [0, 0.1) is 5.92 Å². The van der Waals surface area contributed by atoms with E-state index in [0.29, 0.717) is 25.0 Å². The van der Waals surface area contributed by atoms with Crippen molar-refractivity contribution in [3.63, 3.8) is 0 Å². The zero-order valence-electron chi connectivity index (χ0n) is 14.3. The van der Waals surface area contributed by atoms with Crippen LogP contribution in [0.5, 0.6) is 0 Å². The first-order valence-electron chi connectivity index (χ1n) is 8.35. The molecule has 5 heteroatoms. The molecule has 1 fully saturated rings. The van der Waals surface area contributed by atoms with E-state index in [0.717, 1.165) is 13.0 Å². The van der Waals surface area contributed by atoms with Crippen LogP contribution in [0.25, 0.3) is 6.08 Å². The van der Waals surface area contributed by atoms with Gasteiger partial charge in [-0.3, -0.25) is 0 Å². The molecule has 0 aliphatic carbocycles. The fraction of sp³-hybridized carbons (Fsp3) is 0.556. The molecule has 0 amide bonds. The topological polar surface area (TPSA) is 49.4 Å². The molecule has 1 heterocycles. The molecule has 4 nitrogen and oxygen atoms in total. The van der Waals surface area contributed by atoms with Gasteiger partial charge in [-0.15, -0.1) is 0 Å². The smallest absolute Gasteiger partial charge is 0.216 e. The van der Waals surface area contributed by atoms with Crippen molar-refractivity contribution in [2.24, 2.45) is 5.92 Å². The van der Waals surface area contributed by atoms with Crippen LogP contribution in [0.1, 0.15) is 32.8 Å². The third-order valence-corrected chi connectivity index (χ3v) is 6.67. The van der Waals surface area contributed by atoms with Gasteiger partial charge in [0.2, 0.25) is 10.0 Å². The second-order valence-corrected chi connectivity index (χ2v) is 9.03. The number of hydrogen-bond donors (Lipinski definition) is 1. The lowest BCUT2D eigenvalue weighted by Gasteiger charge is -2.37. The molecule has 1 saturated heterocycles. The Labute approximate surface area is 140 Å². The van der Waals surface area contributed by atoms with E-state index in [2.05, 4.69) is 36.5 Å². The predicted octanol–water partition coefficient (Wildman–Crippen LogP) is 2.74. The van der Waals surface area contributed by atoms with Crippen molar-refractivity contribution in [2.75, 3.05) is 19.6 Å². The Morgan fingerprint density at radius 3 is 2.61 bits per heavy atom. The first-order valence-corrected chi connectivity index (χ1v) is 9.85. The van der Waals surface area contributed by atoms with Crippen LogP contribution in [0.3, 0.4) is 0 Å². The minimum absolute atomic E-state index is 0.322. The quantitative estimate of drug-likeness (QED) is 0.869. The number of hydrogen-bond acceptors (Lipinski definition) is 3. The van der Waals surface area contributed by atoms with E-state index in [-0.39, 0.29) is 5.25 Å². The van der Waals surface area contributed by atoms with E-state index >= 15 is 0 Å². The summed E-state index contributed by atoms with van der Waals surface area (Å²) in [5, 5.41) is 3.19. The summed E-state index contributed by atoms with van der Waals surface area (Å²) in [6, 6.07) is 10.6. The van der Waals surface area contributed by atoms with Crippen molar-refractivity contribution < 1.29 is 8.42 Å². The Bertz CT molecular complexity index is 611. The van der Waals surface area contributed by atoms with Gasteiger partial charge in [-0.25, -0.2) is 12.7 Å². The van der Waals surface area contributed by atoms with Gasteiger partial charge in [-0.1, -0.05) is 49.4 Å². The maximum Gasteiger partial charge on any atom is 0.216 e. The standard InChI is InChI=1S/C18H28N2O2S/c1-15(2)23(21,22)20-13-11-18(16(3)14-20)19-12-7-10-17-8-5-4-6-9-17/h4-10,15-16,18-19H,11-14H2,1-3H3/b10-7-/t16-,18+/m1/s1. The summed E-state index contributed by atoms with van der Waals surface area (Å²) >= 11 is 0. The first kappa shape index (κ1) is 18.2. The Kier molecular flexibility index (Phi) is 6.39.